The van der Waals surface area contributed by atoms with Crippen molar-refractivity contribution in [2.24, 2.45) is 0 Å². The quantitative estimate of drug-likeness (QED) is 0.822. The van der Waals surface area contributed by atoms with Crippen LogP contribution in [0.4, 0.5) is 8.78 Å². The summed E-state index contributed by atoms with van der Waals surface area (Å²) in [5.74, 6) is -1.68. The van der Waals surface area contributed by atoms with Crippen molar-refractivity contribution in [3.63, 3.8) is 0 Å². The molecule has 0 atom stereocenters. The van der Waals surface area contributed by atoms with Crippen LogP contribution in [0.5, 0.6) is 0 Å². The monoisotopic (exact) mass is 262 g/mol. The minimum absolute atomic E-state index is 0.320. The Morgan fingerprint density at radius 2 is 1.42 bits per heavy atom. The highest BCUT2D eigenvalue weighted by atomic mass is 19.2. The fraction of sp³-hybridized carbons (Fsp3) is 0.200. The number of ether oxygens (including phenoxy) is 2. The van der Waals surface area contributed by atoms with E-state index >= 15 is 0 Å². The van der Waals surface area contributed by atoms with E-state index in [9.17, 15) is 8.78 Å². The molecule has 0 bridgehead atoms. The summed E-state index contributed by atoms with van der Waals surface area (Å²) < 4.78 is 36.8. The maximum absolute atomic E-state index is 13.2. The third-order valence-corrected chi connectivity index (χ3v) is 3.06. The van der Waals surface area contributed by atoms with E-state index in [-0.39, 0.29) is 6.29 Å². The summed E-state index contributed by atoms with van der Waals surface area (Å²) in [5, 5.41) is 0. The number of rotatable bonds is 2. The van der Waals surface area contributed by atoms with Gasteiger partial charge >= 0.3 is 0 Å². The Balaban J connectivity index is 1.87. The summed E-state index contributed by atoms with van der Waals surface area (Å²) in [5.41, 5.74) is 2.38. The van der Waals surface area contributed by atoms with Crippen molar-refractivity contribution in [3.05, 3.63) is 59.7 Å². The number of halogens is 2. The molecular formula is C15H12F2O2. The molecule has 1 aliphatic rings. The van der Waals surface area contributed by atoms with Gasteiger partial charge in [-0.25, -0.2) is 8.78 Å². The molecule has 0 aliphatic carbocycles. The lowest BCUT2D eigenvalue weighted by atomic mass is 10.0. The van der Waals surface area contributed by atoms with Gasteiger partial charge in [-0.2, -0.15) is 0 Å². The van der Waals surface area contributed by atoms with Gasteiger partial charge in [-0.1, -0.05) is 30.3 Å². The summed E-state index contributed by atoms with van der Waals surface area (Å²) in [7, 11) is 0. The highest BCUT2D eigenvalue weighted by Crippen LogP contribution is 2.27. The van der Waals surface area contributed by atoms with Crippen molar-refractivity contribution in [1.82, 2.24) is 0 Å². The Morgan fingerprint density at radius 1 is 0.789 bits per heavy atom. The lowest BCUT2D eigenvalue weighted by Gasteiger charge is -2.10. The van der Waals surface area contributed by atoms with Crippen LogP contribution in [0.3, 0.4) is 0 Å². The lowest BCUT2D eigenvalue weighted by Crippen LogP contribution is -1.97. The standard InChI is InChI=1S/C15H12F2O2/c16-13-6-5-12(9-14(13)17)10-1-3-11(4-2-10)15-18-7-8-19-15/h1-6,9,15H,7-8H2. The third-order valence-electron chi connectivity index (χ3n) is 3.06. The predicted molar refractivity (Wildman–Crippen MR) is 66.4 cm³/mol. The largest absolute Gasteiger partial charge is 0.346 e. The van der Waals surface area contributed by atoms with E-state index in [0.717, 1.165) is 17.2 Å². The van der Waals surface area contributed by atoms with E-state index in [1.165, 1.54) is 6.07 Å². The minimum Gasteiger partial charge on any atom is -0.346 e. The molecule has 0 spiro atoms. The second-order valence-electron chi connectivity index (χ2n) is 4.32. The van der Waals surface area contributed by atoms with Crippen molar-refractivity contribution in [2.45, 2.75) is 6.29 Å². The summed E-state index contributed by atoms with van der Waals surface area (Å²) in [6.45, 7) is 1.19. The second-order valence-corrected chi connectivity index (χ2v) is 4.32. The summed E-state index contributed by atoms with van der Waals surface area (Å²) in [6.07, 6.45) is -0.320. The topological polar surface area (TPSA) is 18.5 Å². The molecule has 19 heavy (non-hydrogen) atoms. The van der Waals surface area contributed by atoms with Crippen LogP contribution in [0.25, 0.3) is 11.1 Å². The molecule has 0 unspecified atom stereocenters. The zero-order valence-electron chi connectivity index (χ0n) is 10.1. The van der Waals surface area contributed by atoms with Gasteiger partial charge < -0.3 is 9.47 Å². The van der Waals surface area contributed by atoms with Crippen LogP contribution in [0.15, 0.2) is 42.5 Å². The smallest absolute Gasteiger partial charge is 0.184 e. The molecule has 2 aromatic rings. The first kappa shape index (κ1) is 12.3. The zero-order chi connectivity index (χ0) is 13.2. The van der Waals surface area contributed by atoms with Crippen molar-refractivity contribution < 1.29 is 18.3 Å². The molecule has 0 N–H and O–H groups in total. The number of hydrogen-bond acceptors (Lipinski definition) is 2. The third kappa shape index (κ3) is 2.50. The van der Waals surface area contributed by atoms with Gasteiger partial charge in [0.05, 0.1) is 13.2 Å². The molecule has 0 aromatic heterocycles. The lowest BCUT2D eigenvalue weighted by molar-refractivity contribution is -0.0441. The molecule has 1 fully saturated rings. The Bertz CT molecular complexity index is 575. The highest BCUT2D eigenvalue weighted by molar-refractivity contribution is 5.63. The van der Waals surface area contributed by atoms with E-state index in [0.29, 0.717) is 18.8 Å². The van der Waals surface area contributed by atoms with Crippen LogP contribution < -0.4 is 0 Å². The van der Waals surface area contributed by atoms with Gasteiger partial charge in [0.1, 0.15) is 0 Å². The van der Waals surface area contributed by atoms with Gasteiger partial charge in [0.15, 0.2) is 17.9 Å². The van der Waals surface area contributed by atoms with Gasteiger partial charge in [0, 0.05) is 5.56 Å². The normalized spacial score (nSPS) is 15.9. The second kappa shape index (κ2) is 5.07. The Kier molecular flexibility index (Phi) is 3.27. The summed E-state index contributed by atoms with van der Waals surface area (Å²) in [6, 6.07) is 11.3. The number of benzene rings is 2. The van der Waals surface area contributed by atoms with Gasteiger partial charge in [0.25, 0.3) is 0 Å². The fourth-order valence-corrected chi connectivity index (χ4v) is 2.06. The maximum Gasteiger partial charge on any atom is 0.184 e. The first-order chi connectivity index (χ1) is 9.24. The van der Waals surface area contributed by atoms with Crippen LogP contribution in [0, 0.1) is 11.6 Å². The van der Waals surface area contributed by atoms with E-state index in [2.05, 4.69) is 0 Å². The van der Waals surface area contributed by atoms with E-state index in [1.807, 2.05) is 24.3 Å². The first-order valence-corrected chi connectivity index (χ1v) is 6.02. The van der Waals surface area contributed by atoms with Crippen molar-refractivity contribution in [1.29, 1.82) is 0 Å². The minimum atomic E-state index is -0.843. The van der Waals surface area contributed by atoms with Crippen molar-refractivity contribution in [2.75, 3.05) is 13.2 Å². The van der Waals surface area contributed by atoms with Gasteiger partial charge in [-0.15, -0.1) is 0 Å². The highest BCUT2D eigenvalue weighted by Gasteiger charge is 2.17. The molecule has 1 aliphatic heterocycles. The molecule has 3 rings (SSSR count). The Labute approximate surface area is 109 Å². The van der Waals surface area contributed by atoms with Crippen molar-refractivity contribution >= 4 is 0 Å². The molecule has 98 valence electrons. The molecule has 0 amide bonds. The molecule has 1 heterocycles. The van der Waals surface area contributed by atoms with Gasteiger partial charge in [0.2, 0.25) is 0 Å². The molecule has 0 saturated carbocycles. The van der Waals surface area contributed by atoms with Crippen molar-refractivity contribution in [3.8, 4) is 11.1 Å². The summed E-state index contributed by atoms with van der Waals surface area (Å²) in [4.78, 5) is 0. The molecule has 2 nitrogen and oxygen atoms in total. The van der Waals surface area contributed by atoms with Crippen LogP contribution >= 0.6 is 0 Å². The first-order valence-electron chi connectivity index (χ1n) is 6.02. The predicted octanol–water partition coefficient (Wildman–Crippen LogP) is 3.68. The maximum atomic E-state index is 13.2. The number of hydrogen-bond donors (Lipinski definition) is 0. The van der Waals surface area contributed by atoms with E-state index in [4.69, 9.17) is 9.47 Å². The van der Waals surface area contributed by atoms with Crippen LogP contribution in [-0.4, -0.2) is 13.2 Å². The fourth-order valence-electron chi connectivity index (χ4n) is 2.06. The van der Waals surface area contributed by atoms with E-state index < -0.39 is 11.6 Å². The average Bonchev–Trinajstić information content (AvgIpc) is 2.96. The van der Waals surface area contributed by atoms with E-state index in [1.54, 1.807) is 6.07 Å². The molecule has 4 heteroatoms. The molecule has 2 aromatic carbocycles. The molecule has 1 saturated heterocycles. The average molecular weight is 262 g/mol. The molecular weight excluding hydrogens is 250 g/mol. The van der Waals surface area contributed by atoms with Crippen LogP contribution in [0.2, 0.25) is 0 Å². The van der Waals surface area contributed by atoms with Gasteiger partial charge in [-0.3, -0.25) is 0 Å². The summed E-state index contributed by atoms with van der Waals surface area (Å²) >= 11 is 0. The SMILES string of the molecule is Fc1ccc(-c2ccc(C3OCCO3)cc2)cc1F. The van der Waals surface area contributed by atoms with Crippen LogP contribution in [0.1, 0.15) is 11.9 Å². The Hall–Kier alpha value is -1.78. The zero-order valence-corrected chi connectivity index (χ0v) is 10.1. The molecule has 0 radical (unpaired) electrons. The Morgan fingerprint density at radius 3 is 2.05 bits per heavy atom. The van der Waals surface area contributed by atoms with Crippen LogP contribution in [-0.2, 0) is 9.47 Å². The van der Waals surface area contributed by atoms with Gasteiger partial charge in [-0.05, 0) is 23.3 Å².